The van der Waals surface area contributed by atoms with Crippen molar-refractivity contribution in [1.82, 2.24) is 0 Å². The van der Waals surface area contributed by atoms with Crippen molar-refractivity contribution in [2.45, 2.75) is 36.4 Å². The molecular weight excluding hydrogens is 621 g/mol. The number of thioether (sulfide) groups is 1. The van der Waals surface area contributed by atoms with Crippen LogP contribution < -0.4 is 9.47 Å². The van der Waals surface area contributed by atoms with Gasteiger partial charge in [0.25, 0.3) is 5.01 Å². The molecule has 3 aromatic heterocycles. The van der Waals surface area contributed by atoms with Gasteiger partial charge in [-0.1, -0.05) is 77.2 Å². The molecule has 0 amide bonds. The number of rotatable bonds is 5. The molecule has 0 saturated heterocycles. The molecule has 0 fully saturated rings. The zero-order chi connectivity index (χ0) is 29.4. The van der Waals surface area contributed by atoms with Gasteiger partial charge in [0.1, 0.15) is 16.7 Å². The average Bonchev–Trinajstić information content (AvgIpc) is 3.70. The Morgan fingerprint density at radius 2 is 1.55 bits per heavy atom. The second-order valence-electron chi connectivity index (χ2n) is 9.63. The van der Waals surface area contributed by atoms with E-state index in [9.17, 15) is 13.0 Å². The topological polar surface area (TPSA) is 64.3 Å². The third kappa shape index (κ3) is 5.55. The molecule has 0 aliphatic carbocycles. The van der Waals surface area contributed by atoms with Gasteiger partial charge in [-0.15, -0.1) is 22.7 Å². The molecule has 5 nitrogen and oxygen atoms in total. The monoisotopic (exact) mass is 648 g/mol. The molecule has 0 N–H and O–H groups in total. The van der Waals surface area contributed by atoms with Crippen molar-refractivity contribution in [2.75, 3.05) is 11.4 Å². The van der Waals surface area contributed by atoms with Gasteiger partial charge in [-0.25, -0.2) is 8.42 Å². The Morgan fingerprint density at radius 1 is 0.881 bits per heavy atom. The molecular formula is C32H28N2O3S5. The molecule has 0 bridgehead atoms. The summed E-state index contributed by atoms with van der Waals surface area (Å²) in [6, 6.07) is 23.3. The fourth-order valence-electron chi connectivity index (χ4n) is 4.98. The SMILES string of the molecule is CCN1/C(=C/C=C/c2sc3sc4ccccc4c3[n+]2CC)Sc2sc3ccccc3c21.Cc1ccc(S(=O)(=O)[O-])cc1. The van der Waals surface area contributed by atoms with Gasteiger partial charge in [0.05, 0.1) is 25.2 Å². The van der Waals surface area contributed by atoms with Crippen LogP contribution in [0.15, 0.2) is 99.1 Å². The fourth-order valence-corrected chi connectivity index (χ4v) is 10.7. The summed E-state index contributed by atoms with van der Waals surface area (Å²) in [7, 11) is -4.27. The first-order valence-corrected chi connectivity index (χ1v) is 18.2. The van der Waals surface area contributed by atoms with E-state index in [1.807, 2.05) is 52.7 Å². The van der Waals surface area contributed by atoms with Crippen molar-refractivity contribution < 1.29 is 17.5 Å². The van der Waals surface area contributed by atoms with Crippen LogP contribution in [0.3, 0.4) is 0 Å². The molecule has 3 aromatic carbocycles. The smallest absolute Gasteiger partial charge is 0.263 e. The predicted molar refractivity (Wildman–Crippen MR) is 180 cm³/mol. The highest BCUT2D eigenvalue weighted by molar-refractivity contribution is 8.05. The van der Waals surface area contributed by atoms with Gasteiger partial charge in [-0.05, 0) is 57.2 Å². The van der Waals surface area contributed by atoms with Gasteiger partial charge in [-0.3, -0.25) is 0 Å². The first-order chi connectivity index (χ1) is 20.3. The Morgan fingerprint density at radius 3 is 2.21 bits per heavy atom. The highest BCUT2D eigenvalue weighted by Gasteiger charge is 2.28. The minimum Gasteiger partial charge on any atom is -0.744 e. The summed E-state index contributed by atoms with van der Waals surface area (Å²) < 4.78 is 39.2. The van der Waals surface area contributed by atoms with Crippen LogP contribution >= 0.6 is 45.8 Å². The molecule has 0 spiro atoms. The zero-order valence-electron chi connectivity index (χ0n) is 23.2. The third-order valence-electron chi connectivity index (χ3n) is 6.96. The minimum atomic E-state index is -4.27. The second-order valence-corrected chi connectivity index (χ2v) is 15.7. The highest BCUT2D eigenvalue weighted by Crippen LogP contribution is 2.54. The summed E-state index contributed by atoms with van der Waals surface area (Å²) in [4.78, 5) is 2.28. The third-order valence-corrected chi connectivity index (χ3v) is 12.6. The van der Waals surface area contributed by atoms with E-state index in [-0.39, 0.29) is 4.90 Å². The minimum absolute atomic E-state index is 0.178. The quantitative estimate of drug-likeness (QED) is 0.138. The van der Waals surface area contributed by atoms with Crippen molar-refractivity contribution in [1.29, 1.82) is 0 Å². The maximum absolute atomic E-state index is 10.4. The largest absolute Gasteiger partial charge is 0.744 e. The summed E-state index contributed by atoms with van der Waals surface area (Å²) in [6.45, 7) is 8.26. The summed E-state index contributed by atoms with van der Waals surface area (Å²) >= 11 is 7.61. The predicted octanol–water partition coefficient (Wildman–Crippen LogP) is 9.02. The number of fused-ring (bicyclic) bond motifs is 6. The summed E-state index contributed by atoms with van der Waals surface area (Å²) in [6.07, 6.45) is 6.79. The van der Waals surface area contributed by atoms with Crippen LogP contribution in [-0.4, -0.2) is 19.5 Å². The number of thiazole rings is 1. The lowest BCUT2D eigenvalue weighted by Gasteiger charge is -2.17. The van der Waals surface area contributed by atoms with Gasteiger partial charge in [0, 0.05) is 27.4 Å². The zero-order valence-corrected chi connectivity index (χ0v) is 27.3. The molecule has 0 unspecified atom stereocenters. The molecule has 42 heavy (non-hydrogen) atoms. The van der Waals surface area contributed by atoms with Crippen molar-refractivity contribution in [3.8, 4) is 0 Å². The van der Waals surface area contributed by atoms with Gasteiger partial charge in [-0.2, -0.15) is 4.57 Å². The Labute approximate surface area is 261 Å². The molecule has 0 radical (unpaired) electrons. The number of hydrogen-bond donors (Lipinski definition) is 0. The number of anilines is 1. The first kappa shape index (κ1) is 29.1. The lowest BCUT2D eigenvalue weighted by atomic mass is 10.2. The average molecular weight is 649 g/mol. The lowest BCUT2D eigenvalue weighted by Crippen LogP contribution is -2.33. The van der Waals surface area contributed by atoms with Gasteiger partial charge in [0.2, 0.25) is 5.52 Å². The molecule has 7 rings (SSSR count). The number of aryl methyl sites for hydroxylation is 2. The molecule has 0 atom stereocenters. The maximum Gasteiger partial charge on any atom is 0.263 e. The first-order valence-electron chi connectivity index (χ1n) is 13.5. The lowest BCUT2D eigenvalue weighted by molar-refractivity contribution is -0.664. The molecule has 1 aliphatic heterocycles. The Kier molecular flexibility index (Phi) is 8.28. The van der Waals surface area contributed by atoms with Crippen molar-refractivity contribution >= 4 is 97.4 Å². The van der Waals surface area contributed by atoms with Crippen LogP contribution in [0.1, 0.15) is 24.4 Å². The van der Waals surface area contributed by atoms with Crippen molar-refractivity contribution in [3.05, 3.63) is 101 Å². The van der Waals surface area contributed by atoms with E-state index in [1.54, 1.807) is 12.1 Å². The molecule has 214 valence electrons. The summed E-state index contributed by atoms with van der Waals surface area (Å²) in [5.74, 6) is 0. The van der Waals surface area contributed by atoms with Crippen LogP contribution in [0.5, 0.6) is 0 Å². The fraction of sp³-hybridized carbons (Fsp3) is 0.156. The van der Waals surface area contributed by atoms with E-state index in [2.05, 4.69) is 90.1 Å². The van der Waals surface area contributed by atoms with Crippen molar-refractivity contribution in [2.24, 2.45) is 0 Å². The highest BCUT2D eigenvalue weighted by atomic mass is 32.2. The number of thiophene rings is 2. The van der Waals surface area contributed by atoms with Crippen LogP contribution in [0.4, 0.5) is 5.69 Å². The Balaban J connectivity index is 0.000000244. The maximum atomic E-state index is 10.4. The van der Waals surface area contributed by atoms with Crippen LogP contribution in [0.2, 0.25) is 0 Å². The number of nitrogens with zero attached hydrogens (tertiary/aromatic N) is 2. The molecule has 1 aliphatic rings. The van der Waals surface area contributed by atoms with Crippen molar-refractivity contribution in [3.63, 3.8) is 0 Å². The van der Waals surface area contributed by atoms with E-state index in [0.717, 1.165) is 18.7 Å². The standard InChI is InChI=1S/C25H21N2S4.C7H8O3S/c1-3-26-20(30-24-22(26)16-10-5-7-12-18(16)28-24)14-9-15-21-27(4-2)23-17-11-6-8-13-19(17)29-25(23)31-21;1-6-2-4-7(5-3-6)11(8,9)10/h5-15H,3-4H2,1-2H3;2-5H,1H3,(H,8,9,10)/q+1;/p-1. The molecule has 0 saturated carbocycles. The molecule has 6 aromatic rings. The number of allylic oxidation sites excluding steroid dienone is 2. The number of benzene rings is 3. The van der Waals surface area contributed by atoms with Crippen LogP contribution in [-0.2, 0) is 16.7 Å². The Bertz CT molecular complexity index is 2080. The van der Waals surface area contributed by atoms with E-state index in [1.165, 1.54) is 61.8 Å². The Hall–Kier alpha value is -2.99. The van der Waals surface area contributed by atoms with Gasteiger partial charge < -0.3 is 9.45 Å². The number of hydrogen-bond acceptors (Lipinski definition) is 8. The summed E-state index contributed by atoms with van der Waals surface area (Å²) in [5, 5.41) is 5.38. The van der Waals surface area contributed by atoms with Gasteiger partial charge >= 0.3 is 0 Å². The molecule has 10 heteroatoms. The van der Waals surface area contributed by atoms with E-state index in [4.69, 9.17) is 0 Å². The summed E-state index contributed by atoms with van der Waals surface area (Å²) in [5.41, 5.74) is 3.70. The van der Waals surface area contributed by atoms with E-state index < -0.39 is 10.1 Å². The normalized spacial score (nSPS) is 14.4. The van der Waals surface area contributed by atoms with E-state index in [0.29, 0.717) is 0 Å². The van der Waals surface area contributed by atoms with Crippen LogP contribution in [0.25, 0.3) is 35.8 Å². The van der Waals surface area contributed by atoms with E-state index >= 15 is 0 Å². The second kappa shape index (κ2) is 11.9. The van der Waals surface area contributed by atoms with Gasteiger partial charge in [0.15, 0.2) is 4.01 Å². The van der Waals surface area contributed by atoms with Crippen LogP contribution in [0, 0.1) is 6.92 Å². The number of aromatic nitrogens is 1. The molecule has 4 heterocycles.